The van der Waals surface area contributed by atoms with Gasteiger partial charge in [-0.15, -0.1) is 0 Å². The molecule has 1 aliphatic rings. The molecular weight excluding hydrogens is 234 g/mol. The minimum atomic E-state index is 0.441. The van der Waals surface area contributed by atoms with Crippen molar-refractivity contribution in [2.45, 2.75) is 52.1 Å². The monoisotopic (exact) mass is 261 g/mol. The molecule has 0 bridgehead atoms. The third-order valence-electron chi connectivity index (χ3n) is 4.09. The Balaban J connectivity index is 2.05. The molecule has 0 saturated carbocycles. The molecule has 0 aromatic heterocycles. The maximum atomic E-state index is 5.62. The van der Waals surface area contributed by atoms with Crippen LogP contribution in [0.25, 0.3) is 0 Å². The summed E-state index contributed by atoms with van der Waals surface area (Å²) in [5, 5.41) is 3.82. The van der Waals surface area contributed by atoms with Gasteiger partial charge in [-0.05, 0) is 43.2 Å². The van der Waals surface area contributed by atoms with Crippen molar-refractivity contribution in [3.8, 4) is 0 Å². The number of aryl methyl sites for hydroxylation is 1. The molecule has 0 amide bonds. The molecule has 2 rings (SSSR count). The second-order valence-electron chi connectivity index (χ2n) is 5.82. The first-order valence-corrected chi connectivity index (χ1v) is 7.64. The van der Waals surface area contributed by atoms with E-state index in [1.807, 2.05) is 0 Å². The fourth-order valence-corrected chi connectivity index (χ4v) is 2.86. The van der Waals surface area contributed by atoms with E-state index in [1.54, 1.807) is 0 Å². The second-order valence-corrected chi connectivity index (χ2v) is 5.82. The van der Waals surface area contributed by atoms with Crippen molar-refractivity contribution in [2.24, 2.45) is 5.92 Å². The van der Waals surface area contributed by atoms with Crippen LogP contribution < -0.4 is 5.32 Å². The van der Waals surface area contributed by atoms with Crippen LogP contribution in [0.5, 0.6) is 0 Å². The lowest BCUT2D eigenvalue weighted by atomic mass is 9.87. The number of ether oxygens (including phenoxy) is 1. The van der Waals surface area contributed by atoms with Crippen molar-refractivity contribution in [3.63, 3.8) is 0 Å². The topological polar surface area (TPSA) is 21.3 Å². The summed E-state index contributed by atoms with van der Waals surface area (Å²) >= 11 is 0. The zero-order chi connectivity index (χ0) is 13.7. The van der Waals surface area contributed by atoms with Gasteiger partial charge in [0.25, 0.3) is 0 Å². The third kappa shape index (κ3) is 3.80. The molecule has 0 heterocycles. The smallest absolute Gasteiger partial charge is 0.0622 e. The molecular formula is C17H27NO. The lowest BCUT2D eigenvalue weighted by molar-refractivity contribution is 0.102. The van der Waals surface area contributed by atoms with Gasteiger partial charge in [-0.2, -0.15) is 0 Å². The highest BCUT2D eigenvalue weighted by Crippen LogP contribution is 2.30. The molecule has 2 nitrogen and oxygen atoms in total. The fraction of sp³-hybridized carbons (Fsp3) is 0.647. The van der Waals surface area contributed by atoms with Crippen molar-refractivity contribution >= 4 is 0 Å². The Morgan fingerprint density at radius 3 is 2.84 bits per heavy atom. The first-order valence-electron chi connectivity index (χ1n) is 7.64. The SMILES string of the molecule is CCOCC(NC1CCCc2ccccc21)C(C)C. The molecule has 0 aliphatic heterocycles. The normalized spacial score (nSPS) is 20.3. The number of benzene rings is 1. The number of hydrogen-bond donors (Lipinski definition) is 1. The molecule has 2 heteroatoms. The summed E-state index contributed by atoms with van der Waals surface area (Å²) in [5.41, 5.74) is 3.01. The number of fused-ring (bicyclic) bond motifs is 1. The number of rotatable bonds is 6. The molecule has 0 radical (unpaired) electrons. The van der Waals surface area contributed by atoms with E-state index in [-0.39, 0.29) is 0 Å². The molecule has 0 saturated heterocycles. The van der Waals surface area contributed by atoms with Gasteiger partial charge in [0.05, 0.1) is 6.61 Å². The minimum absolute atomic E-state index is 0.441. The molecule has 106 valence electrons. The molecule has 1 aliphatic carbocycles. The average molecular weight is 261 g/mol. The summed E-state index contributed by atoms with van der Waals surface area (Å²) in [5.74, 6) is 0.598. The van der Waals surface area contributed by atoms with Gasteiger partial charge in [-0.25, -0.2) is 0 Å². The van der Waals surface area contributed by atoms with Gasteiger partial charge in [0.2, 0.25) is 0 Å². The van der Waals surface area contributed by atoms with Crippen LogP contribution in [0.1, 0.15) is 50.8 Å². The van der Waals surface area contributed by atoms with Gasteiger partial charge < -0.3 is 10.1 Å². The molecule has 1 aromatic rings. The van der Waals surface area contributed by atoms with Gasteiger partial charge in [-0.3, -0.25) is 0 Å². The Hall–Kier alpha value is -0.860. The molecule has 1 N–H and O–H groups in total. The molecule has 2 unspecified atom stereocenters. The van der Waals surface area contributed by atoms with E-state index in [1.165, 1.54) is 30.4 Å². The van der Waals surface area contributed by atoms with Crippen LogP contribution in [0.15, 0.2) is 24.3 Å². The quantitative estimate of drug-likeness (QED) is 0.843. The van der Waals surface area contributed by atoms with E-state index in [2.05, 4.69) is 50.4 Å². The fourth-order valence-electron chi connectivity index (χ4n) is 2.86. The minimum Gasteiger partial charge on any atom is -0.380 e. The summed E-state index contributed by atoms with van der Waals surface area (Å²) in [6, 6.07) is 9.81. The third-order valence-corrected chi connectivity index (χ3v) is 4.09. The Labute approximate surface area is 117 Å². The lowest BCUT2D eigenvalue weighted by Crippen LogP contribution is -2.41. The number of hydrogen-bond acceptors (Lipinski definition) is 2. The van der Waals surface area contributed by atoms with Gasteiger partial charge in [0.1, 0.15) is 0 Å². The largest absolute Gasteiger partial charge is 0.380 e. The Morgan fingerprint density at radius 2 is 2.11 bits per heavy atom. The maximum Gasteiger partial charge on any atom is 0.0622 e. The molecule has 2 atom stereocenters. The first-order chi connectivity index (χ1) is 9.22. The van der Waals surface area contributed by atoms with Crippen LogP contribution in [-0.2, 0) is 11.2 Å². The van der Waals surface area contributed by atoms with Gasteiger partial charge in [0.15, 0.2) is 0 Å². The van der Waals surface area contributed by atoms with Crippen LogP contribution in [0, 0.1) is 5.92 Å². The highest BCUT2D eigenvalue weighted by molar-refractivity contribution is 5.32. The molecule has 1 aromatic carbocycles. The standard InChI is InChI=1S/C17H27NO/c1-4-19-12-17(13(2)3)18-16-11-7-9-14-8-5-6-10-15(14)16/h5-6,8,10,13,16-18H,4,7,9,11-12H2,1-3H3. The van der Waals surface area contributed by atoms with Gasteiger partial charge >= 0.3 is 0 Å². The summed E-state index contributed by atoms with van der Waals surface area (Å²) in [4.78, 5) is 0. The van der Waals surface area contributed by atoms with Crippen molar-refractivity contribution < 1.29 is 4.74 Å². The second kappa shape index (κ2) is 7.06. The van der Waals surface area contributed by atoms with Crippen LogP contribution in [0.2, 0.25) is 0 Å². The van der Waals surface area contributed by atoms with Crippen LogP contribution in [-0.4, -0.2) is 19.3 Å². The summed E-state index contributed by atoms with van der Waals surface area (Å²) in [6.45, 7) is 8.21. The van der Waals surface area contributed by atoms with E-state index in [9.17, 15) is 0 Å². The first kappa shape index (κ1) is 14.5. The van der Waals surface area contributed by atoms with Crippen molar-refractivity contribution in [1.82, 2.24) is 5.32 Å². The Kier molecular flexibility index (Phi) is 5.41. The summed E-state index contributed by atoms with van der Waals surface area (Å²) < 4.78 is 5.62. The summed E-state index contributed by atoms with van der Waals surface area (Å²) in [7, 11) is 0. The van der Waals surface area contributed by atoms with E-state index < -0.39 is 0 Å². The zero-order valence-corrected chi connectivity index (χ0v) is 12.5. The Bertz CT molecular complexity index is 389. The molecule has 19 heavy (non-hydrogen) atoms. The zero-order valence-electron chi connectivity index (χ0n) is 12.5. The maximum absolute atomic E-state index is 5.62. The van der Waals surface area contributed by atoms with Crippen LogP contribution in [0.3, 0.4) is 0 Å². The highest BCUT2D eigenvalue weighted by Gasteiger charge is 2.23. The lowest BCUT2D eigenvalue weighted by Gasteiger charge is -2.32. The van der Waals surface area contributed by atoms with E-state index >= 15 is 0 Å². The van der Waals surface area contributed by atoms with E-state index in [0.717, 1.165) is 13.2 Å². The van der Waals surface area contributed by atoms with Gasteiger partial charge in [0, 0.05) is 18.7 Å². The molecule has 0 fully saturated rings. The predicted molar refractivity (Wildman–Crippen MR) is 80.4 cm³/mol. The van der Waals surface area contributed by atoms with Crippen LogP contribution in [0.4, 0.5) is 0 Å². The Morgan fingerprint density at radius 1 is 1.32 bits per heavy atom. The van der Waals surface area contributed by atoms with Crippen LogP contribution >= 0.6 is 0 Å². The number of nitrogens with one attached hydrogen (secondary N) is 1. The van der Waals surface area contributed by atoms with Gasteiger partial charge in [-0.1, -0.05) is 38.1 Å². The van der Waals surface area contributed by atoms with Crippen molar-refractivity contribution in [2.75, 3.05) is 13.2 Å². The van der Waals surface area contributed by atoms with E-state index in [0.29, 0.717) is 18.0 Å². The van der Waals surface area contributed by atoms with Crippen molar-refractivity contribution in [1.29, 1.82) is 0 Å². The van der Waals surface area contributed by atoms with Crippen molar-refractivity contribution in [3.05, 3.63) is 35.4 Å². The predicted octanol–water partition coefficient (Wildman–Crippen LogP) is 3.71. The summed E-state index contributed by atoms with van der Waals surface area (Å²) in [6.07, 6.45) is 3.76. The van der Waals surface area contributed by atoms with E-state index in [4.69, 9.17) is 4.74 Å². The molecule has 0 spiro atoms. The average Bonchev–Trinajstić information content (AvgIpc) is 2.43. The highest BCUT2D eigenvalue weighted by atomic mass is 16.5.